The summed E-state index contributed by atoms with van der Waals surface area (Å²) in [5.41, 5.74) is 3.10. The Hall–Kier alpha value is -3.16. The van der Waals surface area contributed by atoms with E-state index < -0.39 is 0 Å². The average Bonchev–Trinajstić information content (AvgIpc) is 3.39. The highest BCUT2D eigenvalue weighted by Gasteiger charge is 2.10. The summed E-state index contributed by atoms with van der Waals surface area (Å²) in [5.74, 6) is 1.00. The van der Waals surface area contributed by atoms with Crippen LogP contribution in [0.25, 0.3) is 10.9 Å². The third kappa shape index (κ3) is 5.22. The molecule has 0 aliphatic heterocycles. The second-order valence-corrected chi connectivity index (χ2v) is 7.32. The minimum atomic E-state index is -0.245. The van der Waals surface area contributed by atoms with Gasteiger partial charge in [-0.15, -0.1) is 0 Å². The molecule has 0 saturated heterocycles. The Labute approximate surface area is 172 Å². The molecule has 4 rings (SSSR count). The van der Waals surface area contributed by atoms with Crippen molar-refractivity contribution in [1.29, 1.82) is 0 Å². The SMILES string of the molecule is O=C(COCc1ccccc1)Nc1n[nH]c2cc(OCCc3ccsc3)ccc12. The predicted octanol–water partition coefficient (Wildman–Crippen LogP) is 4.40. The highest BCUT2D eigenvalue weighted by atomic mass is 32.1. The molecule has 2 aromatic heterocycles. The number of carbonyl (C=O) groups excluding carboxylic acids is 1. The van der Waals surface area contributed by atoms with Crippen LogP contribution in [0.15, 0.2) is 65.4 Å². The number of hydrogen-bond acceptors (Lipinski definition) is 5. The van der Waals surface area contributed by atoms with Crippen molar-refractivity contribution in [2.24, 2.45) is 0 Å². The molecule has 0 unspecified atom stereocenters. The highest BCUT2D eigenvalue weighted by Crippen LogP contribution is 2.25. The molecular formula is C22H21N3O3S. The Balaban J connectivity index is 1.29. The van der Waals surface area contributed by atoms with E-state index in [-0.39, 0.29) is 12.5 Å². The number of rotatable bonds is 9. The summed E-state index contributed by atoms with van der Waals surface area (Å²) >= 11 is 1.69. The van der Waals surface area contributed by atoms with Gasteiger partial charge in [0.15, 0.2) is 5.82 Å². The normalized spacial score (nSPS) is 10.9. The second-order valence-electron chi connectivity index (χ2n) is 6.54. The van der Waals surface area contributed by atoms with Crippen molar-refractivity contribution in [1.82, 2.24) is 10.2 Å². The molecule has 0 atom stereocenters. The lowest BCUT2D eigenvalue weighted by Crippen LogP contribution is -2.18. The molecule has 0 radical (unpaired) electrons. The number of anilines is 1. The maximum atomic E-state index is 12.2. The molecule has 0 aliphatic carbocycles. The van der Waals surface area contributed by atoms with E-state index in [1.807, 2.05) is 48.5 Å². The van der Waals surface area contributed by atoms with Crippen molar-refractivity contribution < 1.29 is 14.3 Å². The van der Waals surface area contributed by atoms with Crippen molar-refractivity contribution in [2.75, 3.05) is 18.5 Å². The molecule has 2 N–H and O–H groups in total. The molecule has 6 nitrogen and oxygen atoms in total. The molecule has 4 aromatic rings. The standard InChI is InChI=1S/C22H21N3O3S/c26-21(14-27-13-16-4-2-1-3-5-16)23-22-19-7-6-18(12-20(19)24-25-22)28-10-8-17-9-11-29-15-17/h1-7,9,11-12,15H,8,10,13-14H2,(H2,23,24,25,26). The van der Waals surface area contributed by atoms with Crippen molar-refractivity contribution in [3.05, 3.63) is 76.5 Å². The summed E-state index contributed by atoms with van der Waals surface area (Å²) in [5, 5.41) is 14.9. The number of nitrogens with one attached hydrogen (secondary N) is 2. The van der Waals surface area contributed by atoms with E-state index in [4.69, 9.17) is 9.47 Å². The van der Waals surface area contributed by atoms with Gasteiger partial charge in [0.2, 0.25) is 0 Å². The summed E-state index contributed by atoms with van der Waals surface area (Å²) in [7, 11) is 0. The molecule has 2 heterocycles. The predicted molar refractivity (Wildman–Crippen MR) is 114 cm³/mol. The Morgan fingerprint density at radius 3 is 2.83 bits per heavy atom. The Kier molecular flexibility index (Phi) is 6.19. The minimum absolute atomic E-state index is 0.0347. The topological polar surface area (TPSA) is 76.2 Å². The van der Waals surface area contributed by atoms with Gasteiger partial charge < -0.3 is 14.8 Å². The van der Waals surface area contributed by atoms with Crippen LogP contribution < -0.4 is 10.1 Å². The minimum Gasteiger partial charge on any atom is -0.493 e. The fourth-order valence-electron chi connectivity index (χ4n) is 2.91. The molecule has 1 amide bonds. The number of fused-ring (bicyclic) bond motifs is 1. The number of benzene rings is 2. The first kappa shape index (κ1) is 19.2. The van der Waals surface area contributed by atoms with Gasteiger partial charge >= 0.3 is 0 Å². The molecule has 2 aromatic carbocycles. The van der Waals surface area contributed by atoms with E-state index in [0.717, 1.165) is 28.6 Å². The number of H-pyrrole nitrogens is 1. The van der Waals surface area contributed by atoms with Crippen molar-refractivity contribution in [2.45, 2.75) is 13.0 Å². The Morgan fingerprint density at radius 2 is 2.00 bits per heavy atom. The number of hydrogen-bond donors (Lipinski definition) is 2. The third-order valence-corrected chi connectivity index (χ3v) is 5.11. The van der Waals surface area contributed by atoms with E-state index in [1.165, 1.54) is 5.56 Å². The Bertz CT molecular complexity index is 1060. The van der Waals surface area contributed by atoms with Crippen molar-refractivity contribution in [3.8, 4) is 5.75 Å². The van der Waals surface area contributed by atoms with E-state index in [9.17, 15) is 4.79 Å². The number of thiophene rings is 1. The van der Waals surface area contributed by atoms with Gasteiger partial charge in [-0.25, -0.2) is 0 Å². The lowest BCUT2D eigenvalue weighted by molar-refractivity contribution is -0.121. The van der Waals surface area contributed by atoms with Crippen LogP contribution >= 0.6 is 11.3 Å². The van der Waals surface area contributed by atoms with Crippen LogP contribution in [-0.2, 0) is 22.6 Å². The average molecular weight is 407 g/mol. The van der Waals surface area contributed by atoms with E-state index in [2.05, 4.69) is 32.3 Å². The van der Waals surface area contributed by atoms with Gasteiger partial charge in [0.05, 0.1) is 18.7 Å². The van der Waals surface area contributed by atoms with Crippen LogP contribution in [0.4, 0.5) is 5.82 Å². The lowest BCUT2D eigenvalue weighted by Gasteiger charge is -2.06. The molecule has 0 spiro atoms. The smallest absolute Gasteiger partial charge is 0.251 e. The zero-order valence-corrected chi connectivity index (χ0v) is 16.6. The zero-order valence-electron chi connectivity index (χ0n) is 15.8. The van der Waals surface area contributed by atoms with Crippen LogP contribution in [0.1, 0.15) is 11.1 Å². The van der Waals surface area contributed by atoms with Gasteiger partial charge in [-0.05, 0) is 40.1 Å². The fourth-order valence-corrected chi connectivity index (χ4v) is 3.61. The molecule has 148 valence electrons. The first-order chi connectivity index (χ1) is 14.3. The molecular weight excluding hydrogens is 386 g/mol. The van der Waals surface area contributed by atoms with Gasteiger partial charge in [0, 0.05) is 17.9 Å². The van der Waals surface area contributed by atoms with Gasteiger partial charge in [-0.2, -0.15) is 16.4 Å². The van der Waals surface area contributed by atoms with Crippen molar-refractivity contribution >= 4 is 34.0 Å². The number of nitrogens with zero attached hydrogens (tertiary/aromatic N) is 1. The number of carbonyl (C=O) groups is 1. The van der Waals surface area contributed by atoms with E-state index in [0.29, 0.717) is 19.0 Å². The van der Waals surface area contributed by atoms with E-state index >= 15 is 0 Å². The van der Waals surface area contributed by atoms with Gasteiger partial charge in [0.1, 0.15) is 12.4 Å². The van der Waals surface area contributed by atoms with Gasteiger partial charge in [0.25, 0.3) is 5.91 Å². The molecule has 7 heteroatoms. The Morgan fingerprint density at radius 1 is 1.10 bits per heavy atom. The number of amides is 1. The van der Waals surface area contributed by atoms with Crippen LogP contribution in [0, 0.1) is 0 Å². The summed E-state index contributed by atoms with van der Waals surface area (Å²) in [6, 6.07) is 17.5. The van der Waals surface area contributed by atoms with Crippen LogP contribution in [0.3, 0.4) is 0 Å². The monoisotopic (exact) mass is 407 g/mol. The zero-order chi connectivity index (χ0) is 19.9. The molecule has 0 aliphatic rings. The summed E-state index contributed by atoms with van der Waals surface area (Å²) < 4.78 is 11.3. The van der Waals surface area contributed by atoms with Crippen LogP contribution in [0.5, 0.6) is 5.75 Å². The number of ether oxygens (including phenoxy) is 2. The number of aromatic amines is 1. The molecule has 0 bridgehead atoms. The maximum absolute atomic E-state index is 12.2. The van der Waals surface area contributed by atoms with E-state index in [1.54, 1.807) is 11.3 Å². The largest absolute Gasteiger partial charge is 0.493 e. The fraction of sp³-hybridized carbons (Fsp3) is 0.182. The third-order valence-electron chi connectivity index (χ3n) is 4.38. The summed E-state index contributed by atoms with van der Waals surface area (Å²) in [6.07, 6.45) is 0.870. The maximum Gasteiger partial charge on any atom is 0.251 e. The van der Waals surface area contributed by atoms with Gasteiger partial charge in [-0.3, -0.25) is 9.89 Å². The second kappa shape index (κ2) is 9.36. The summed E-state index contributed by atoms with van der Waals surface area (Å²) in [6.45, 7) is 0.966. The van der Waals surface area contributed by atoms with Gasteiger partial charge in [-0.1, -0.05) is 30.3 Å². The molecule has 0 saturated carbocycles. The quantitative estimate of drug-likeness (QED) is 0.431. The lowest BCUT2D eigenvalue weighted by atomic mass is 10.2. The van der Waals surface area contributed by atoms with Crippen molar-refractivity contribution in [3.63, 3.8) is 0 Å². The first-order valence-electron chi connectivity index (χ1n) is 9.31. The highest BCUT2D eigenvalue weighted by molar-refractivity contribution is 7.07. The first-order valence-corrected chi connectivity index (χ1v) is 10.3. The van der Waals surface area contributed by atoms with Crippen LogP contribution in [0.2, 0.25) is 0 Å². The number of aromatic nitrogens is 2. The summed E-state index contributed by atoms with van der Waals surface area (Å²) in [4.78, 5) is 12.2. The van der Waals surface area contributed by atoms with Crippen LogP contribution in [-0.4, -0.2) is 29.3 Å². The molecule has 0 fully saturated rings. The molecule has 29 heavy (non-hydrogen) atoms.